The van der Waals surface area contributed by atoms with Crippen molar-refractivity contribution in [2.75, 3.05) is 0 Å². The second-order valence-corrected chi connectivity index (χ2v) is 6.66. The molecule has 0 aromatic heterocycles. The maximum Gasteiger partial charge on any atom is 0.123 e. The molecule has 0 N–H and O–H groups in total. The highest BCUT2D eigenvalue weighted by molar-refractivity contribution is 5.53. The Hall–Kier alpha value is -2.22. The average Bonchev–Trinajstić information content (AvgIpc) is 2.71. The van der Waals surface area contributed by atoms with Gasteiger partial charge >= 0.3 is 0 Å². The van der Waals surface area contributed by atoms with Crippen LogP contribution in [-0.4, -0.2) is 12.6 Å². The van der Waals surface area contributed by atoms with Gasteiger partial charge in [0.25, 0.3) is 0 Å². The molecule has 2 rings (SSSR count). The summed E-state index contributed by atoms with van der Waals surface area (Å²) in [6.45, 7) is 4.12. The van der Waals surface area contributed by atoms with E-state index in [4.69, 9.17) is 0 Å². The van der Waals surface area contributed by atoms with E-state index in [0.29, 0.717) is 0 Å². The third-order valence-corrected chi connectivity index (χ3v) is 4.73. The minimum Gasteiger partial charge on any atom is -0.303 e. The van der Waals surface area contributed by atoms with Crippen molar-refractivity contribution >= 4 is 12.6 Å². The summed E-state index contributed by atoms with van der Waals surface area (Å²) in [5.41, 5.74) is 2.64. The Labute approximate surface area is 158 Å². The van der Waals surface area contributed by atoms with Crippen LogP contribution in [0.1, 0.15) is 50.7 Å². The van der Waals surface area contributed by atoms with Gasteiger partial charge in [-0.3, -0.25) is 0 Å². The molecule has 0 bridgehead atoms. The second-order valence-electron chi connectivity index (χ2n) is 6.66. The second kappa shape index (κ2) is 14.0. The minimum atomic E-state index is 0.236. The molecule has 140 valence electrons. The first-order valence-electron chi connectivity index (χ1n) is 9.71. The van der Waals surface area contributed by atoms with Crippen LogP contribution in [0.4, 0.5) is 0 Å². The van der Waals surface area contributed by atoms with E-state index in [0.717, 1.165) is 51.1 Å². The molecular weight excluding hydrogens is 320 g/mol. The smallest absolute Gasteiger partial charge is 0.123 e. The lowest BCUT2D eigenvalue weighted by Gasteiger charge is -2.06. The van der Waals surface area contributed by atoms with Gasteiger partial charge in [0.2, 0.25) is 0 Å². The summed E-state index contributed by atoms with van der Waals surface area (Å²) in [7, 11) is 0. The van der Waals surface area contributed by atoms with Gasteiger partial charge < -0.3 is 9.59 Å². The van der Waals surface area contributed by atoms with Crippen LogP contribution in [0, 0.1) is 11.8 Å². The van der Waals surface area contributed by atoms with Gasteiger partial charge in [-0.25, -0.2) is 0 Å². The molecule has 0 aliphatic heterocycles. The van der Waals surface area contributed by atoms with Gasteiger partial charge in [-0.2, -0.15) is 0 Å². The zero-order chi connectivity index (χ0) is 19.0. The molecule has 0 saturated heterocycles. The predicted octanol–water partition coefficient (Wildman–Crippen LogP) is 5.69. The molecule has 26 heavy (non-hydrogen) atoms. The summed E-state index contributed by atoms with van der Waals surface area (Å²) in [6.07, 6.45) is 8.03. The number of rotatable bonds is 10. The van der Waals surface area contributed by atoms with Crippen molar-refractivity contribution in [2.45, 2.75) is 52.4 Å². The third-order valence-electron chi connectivity index (χ3n) is 4.73. The zero-order valence-corrected chi connectivity index (χ0v) is 16.1. The molecule has 2 heteroatoms. The number of carbonyl (C=O) groups excluding carboxylic acids is 2. The molecule has 0 radical (unpaired) electrons. The Kier molecular flexibility index (Phi) is 11.8. The zero-order valence-electron chi connectivity index (χ0n) is 16.1. The third kappa shape index (κ3) is 9.31. The maximum atomic E-state index is 10.6. The van der Waals surface area contributed by atoms with E-state index in [9.17, 15) is 9.59 Å². The Morgan fingerprint density at radius 3 is 1.27 bits per heavy atom. The van der Waals surface area contributed by atoms with E-state index in [2.05, 4.69) is 38.1 Å². The number of benzene rings is 2. The van der Waals surface area contributed by atoms with Crippen molar-refractivity contribution in [1.29, 1.82) is 0 Å². The molecule has 0 saturated carbocycles. The number of aryl methyl sites for hydroxylation is 2. The largest absolute Gasteiger partial charge is 0.303 e. The van der Waals surface area contributed by atoms with Gasteiger partial charge in [-0.05, 0) is 49.7 Å². The number of aldehydes is 2. The van der Waals surface area contributed by atoms with Gasteiger partial charge in [0.1, 0.15) is 12.6 Å². The fraction of sp³-hybridized carbons (Fsp3) is 0.417. The van der Waals surface area contributed by atoms with E-state index in [1.54, 1.807) is 0 Å². The molecule has 0 aliphatic rings. The van der Waals surface area contributed by atoms with Crippen molar-refractivity contribution in [2.24, 2.45) is 11.8 Å². The molecule has 0 fully saturated rings. The van der Waals surface area contributed by atoms with Crippen LogP contribution in [0.5, 0.6) is 0 Å². The van der Waals surface area contributed by atoms with Gasteiger partial charge in [0.15, 0.2) is 0 Å². The molecule has 2 unspecified atom stereocenters. The molecule has 0 amide bonds. The van der Waals surface area contributed by atoms with Gasteiger partial charge in [-0.1, -0.05) is 74.5 Å². The monoisotopic (exact) mass is 352 g/mol. The molecule has 2 aromatic carbocycles. The predicted molar refractivity (Wildman–Crippen MR) is 109 cm³/mol. The van der Waals surface area contributed by atoms with Gasteiger partial charge in [-0.15, -0.1) is 0 Å². The van der Waals surface area contributed by atoms with Gasteiger partial charge in [0.05, 0.1) is 0 Å². The summed E-state index contributed by atoms with van der Waals surface area (Å²) in [5.74, 6) is 0.473. The van der Waals surface area contributed by atoms with Crippen LogP contribution in [0.2, 0.25) is 0 Å². The lowest BCUT2D eigenvalue weighted by Crippen LogP contribution is -2.01. The van der Waals surface area contributed by atoms with E-state index < -0.39 is 0 Å². The fourth-order valence-corrected chi connectivity index (χ4v) is 2.73. The topological polar surface area (TPSA) is 34.1 Å². The molecule has 0 heterocycles. The highest BCUT2D eigenvalue weighted by Crippen LogP contribution is 2.11. The summed E-state index contributed by atoms with van der Waals surface area (Å²) in [5, 5.41) is 0. The summed E-state index contributed by atoms with van der Waals surface area (Å²) >= 11 is 0. The van der Waals surface area contributed by atoms with Crippen LogP contribution in [-0.2, 0) is 22.4 Å². The Bertz CT molecular complexity index is 537. The molecule has 0 spiro atoms. The number of carbonyl (C=O) groups is 2. The lowest BCUT2D eigenvalue weighted by molar-refractivity contribution is -0.112. The van der Waals surface area contributed by atoms with Crippen LogP contribution >= 0.6 is 0 Å². The Morgan fingerprint density at radius 1 is 0.654 bits per heavy atom. The molecule has 2 nitrogen and oxygen atoms in total. The van der Waals surface area contributed by atoms with Crippen molar-refractivity contribution in [3.8, 4) is 0 Å². The summed E-state index contributed by atoms with van der Waals surface area (Å²) in [6, 6.07) is 20.6. The molecule has 0 aliphatic carbocycles. The quantitative estimate of drug-likeness (QED) is 0.515. The van der Waals surface area contributed by atoms with Gasteiger partial charge in [0, 0.05) is 11.8 Å². The van der Waals surface area contributed by atoms with Crippen molar-refractivity contribution in [3.63, 3.8) is 0 Å². The van der Waals surface area contributed by atoms with E-state index in [1.165, 1.54) is 11.1 Å². The first kappa shape index (κ1) is 21.8. The number of hydrogen-bond donors (Lipinski definition) is 0. The SMILES string of the molecule is CCC(C=O)CCc1ccccc1.CCC(C=O)CCc1ccccc1. The standard InChI is InChI=1S/2C12H16O/c2*1-2-11(10-13)8-9-12-6-4-3-5-7-12/h2*3-7,10-11H,2,8-9H2,1H3. The summed E-state index contributed by atoms with van der Waals surface area (Å²) in [4.78, 5) is 21.1. The molecule has 2 aromatic rings. The van der Waals surface area contributed by atoms with Crippen molar-refractivity contribution in [1.82, 2.24) is 0 Å². The highest BCUT2D eigenvalue weighted by Gasteiger charge is 2.04. The van der Waals surface area contributed by atoms with Crippen LogP contribution < -0.4 is 0 Å². The average molecular weight is 353 g/mol. The van der Waals surface area contributed by atoms with Crippen LogP contribution in [0.25, 0.3) is 0 Å². The lowest BCUT2D eigenvalue weighted by atomic mass is 9.99. The summed E-state index contributed by atoms with van der Waals surface area (Å²) < 4.78 is 0. The molecular formula is C24H32O2. The van der Waals surface area contributed by atoms with Crippen molar-refractivity contribution < 1.29 is 9.59 Å². The van der Waals surface area contributed by atoms with E-state index in [-0.39, 0.29) is 11.8 Å². The van der Waals surface area contributed by atoms with E-state index >= 15 is 0 Å². The first-order chi connectivity index (χ1) is 12.7. The van der Waals surface area contributed by atoms with Crippen molar-refractivity contribution in [3.05, 3.63) is 71.8 Å². The van der Waals surface area contributed by atoms with Crippen LogP contribution in [0.15, 0.2) is 60.7 Å². The molecule has 2 atom stereocenters. The minimum absolute atomic E-state index is 0.236. The van der Waals surface area contributed by atoms with Crippen LogP contribution in [0.3, 0.4) is 0 Å². The highest BCUT2D eigenvalue weighted by atomic mass is 16.1. The Morgan fingerprint density at radius 2 is 1.00 bits per heavy atom. The number of hydrogen-bond acceptors (Lipinski definition) is 2. The first-order valence-corrected chi connectivity index (χ1v) is 9.71. The maximum absolute atomic E-state index is 10.6. The normalized spacial score (nSPS) is 12.4. The van der Waals surface area contributed by atoms with E-state index in [1.807, 2.05) is 36.4 Å². The fourth-order valence-electron chi connectivity index (χ4n) is 2.73. The Balaban J connectivity index is 0.000000260.